The van der Waals surface area contributed by atoms with Crippen molar-refractivity contribution in [2.24, 2.45) is 10.9 Å². The molecule has 1 aliphatic heterocycles. The lowest BCUT2D eigenvalue weighted by molar-refractivity contribution is 0.0168. The van der Waals surface area contributed by atoms with Gasteiger partial charge >= 0.3 is 0 Å². The van der Waals surface area contributed by atoms with E-state index in [1.54, 1.807) is 7.05 Å². The van der Waals surface area contributed by atoms with Gasteiger partial charge in [-0.2, -0.15) is 5.10 Å². The van der Waals surface area contributed by atoms with Crippen LogP contribution < -0.4 is 10.6 Å². The highest BCUT2D eigenvalue weighted by Crippen LogP contribution is 2.11. The molecule has 2 atom stereocenters. The summed E-state index contributed by atoms with van der Waals surface area (Å²) in [6.07, 6.45) is 3.55. The van der Waals surface area contributed by atoms with E-state index < -0.39 is 0 Å². The summed E-state index contributed by atoms with van der Waals surface area (Å²) in [7, 11) is 1.80. The van der Waals surface area contributed by atoms with E-state index >= 15 is 0 Å². The van der Waals surface area contributed by atoms with Crippen LogP contribution in [0.3, 0.4) is 0 Å². The minimum atomic E-state index is 0. The van der Waals surface area contributed by atoms with Gasteiger partial charge in [-0.15, -0.1) is 24.0 Å². The van der Waals surface area contributed by atoms with Crippen molar-refractivity contribution in [3.63, 3.8) is 0 Å². The zero-order chi connectivity index (χ0) is 18.8. The Kier molecular flexibility index (Phi) is 11.9. The minimum Gasteiger partial charge on any atom is -0.379 e. The van der Waals surface area contributed by atoms with E-state index in [0.717, 1.165) is 70.4 Å². The summed E-state index contributed by atoms with van der Waals surface area (Å²) >= 11 is 0. The van der Waals surface area contributed by atoms with Crippen LogP contribution in [0, 0.1) is 19.8 Å². The molecule has 0 amide bonds. The van der Waals surface area contributed by atoms with Crippen molar-refractivity contribution in [1.29, 1.82) is 0 Å². The molecule has 2 N–H and O–H groups in total. The van der Waals surface area contributed by atoms with Crippen molar-refractivity contribution in [2.45, 2.75) is 52.7 Å². The number of halogens is 1. The van der Waals surface area contributed by atoms with Gasteiger partial charge in [-0.3, -0.25) is 9.67 Å². The number of aryl methyl sites for hydroxylation is 2. The first-order chi connectivity index (χ1) is 12.6. The van der Waals surface area contributed by atoms with E-state index in [1.807, 2.05) is 6.92 Å². The molecule has 1 aromatic rings. The molecule has 2 heterocycles. The summed E-state index contributed by atoms with van der Waals surface area (Å²) < 4.78 is 13.3. The average molecular weight is 493 g/mol. The van der Waals surface area contributed by atoms with Crippen LogP contribution in [0.1, 0.15) is 37.6 Å². The zero-order valence-electron chi connectivity index (χ0n) is 17.2. The Morgan fingerprint density at radius 2 is 2.26 bits per heavy atom. The molecule has 0 radical (unpaired) electrons. The summed E-state index contributed by atoms with van der Waals surface area (Å²) in [6.45, 7) is 11.3. The fourth-order valence-corrected chi connectivity index (χ4v) is 3.08. The monoisotopic (exact) mass is 493 g/mol. The summed E-state index contributed by atoms with van der Waals surface area (Å²) in [5, 5.41) is 11.3. The molecular weight excluding hydrogens is 457 g/mol. The van der Waals surface area contributed by atoms with E-state index in [0.29, 0.717) is 12.0 Å². The Balaban J connectivity index is 0.00000364. The number of nitrogens with zero attached hydrogens (tertiary/aromatic N) is 3. The third-order valence-electron chi connectivity index (χ3n) is 4.52. The molecule has 1 aliphatic rings. The molecule has 0 aromatic carbocycles. The maximum atomic E-state index is 5.68. The van der Waals surface area contributed by atoms with Crippen LogP contribution in [0.15, 0.2) is 11.1 Å². The molecule has 1 aromatic heterocycles. The van der Waals surface area contributed by atoms with Crippen LogP contribution in [-0.2, 0) is 16.0 Å². The van der Waals surface area contributed by atoms with E-state index in [1.165, 1.54) is 5.69 Å². The Morgan fingerprint density at radius 3 is 2.89 bits per heavy atom. The fraction of sp³-hybridized carbons (Fsp3) is 0.789. The second kappa shape index (κ2) is 13.3. The van der Waals surface area contributed by atoms with Gasteiger partial charge in [0, 0.05) is 45.6 Å². The second-order valence-corrected chi connectivity index (χ2v) is 7.16. The SMILES string of the molecule is CN=C(NCCCOCC1CCCO1)NCC(C)Cn1nc(C)cc1C.I. The number of ether oxygens (including phenoxy) is 2. The van der Waals surface area contributed by atoms with E-state index in [9.17, 15) is 0 Å². The Morgan fingerprint density at radius 1 is 1.44 bits per heavy atom. The summed E-state index contributed by atoms with van der Waals surface area (Å²) in [6, 6.07) is 2.11. The molecule has 7 nitrogen and oxygen atoms in total. The number of nitrogens with one attached hydrogen (secondary N) is 2. The molecule has 0 bridgehead atoms. The molecule has 0 spiro atoms. The van der Waals surface area contributed by atoms with Crippen LogP contribution in [0.5, 0.6) is 0 Å². The van der Waals surface area contributed by atoms with Crippen molar-refractivity contribution in [2.75, 3.05) is 40.0 Å². The molecule has 0 aliphatic carbocycles. The first-order valence-electron chi connectivity index (χ1n) is 9.73. The molecule has 156 valence electrons. The van der Waals surface area contributed by atoms with Gasteiger partial charge in [-0.05, 0) is 45.1 Å². The summed E-state index contributed by atoms with van der Waals surface area (Å²) in [5.74, 6) is 1.30. The lowest BCUT2D eigenvalue weighted by atomic mass is 10.2. The number of aliphatic imine (C=N–C) groups is 1. The normalized spacial score (nSPS) is 18.2. The van der Waals surface area contributed by atoms with Crippen LogP contribution in [0.2, 0.25) is 0 Å². The van der Waals surface area contributed by atoms with Crippen LogP contribution in [0.4, 0.5) is 0 Å². The van der Waals surface area contributed by atoms with Crippen molar-refractivity contribution in [3.8, 4) is 0 Å². The number of guanidine groups is 1. The van der Waals surface area contributed by atoms with Gasteiger partial charge in [-0.1, -0.05) is 6.92 Å². The largest absolute Gasteiger partial charge is 0.379 e. The van der Waals surface area contributed by atoms with Gasteiger partial charge in [-0.25, -0.2) is 0 Å². The van der Waals surface area contributed by atoms with Crippen molar-refractivity contribution in [1.82, 2.24) is 20.4 Å². The van der Waals surface area contributed by atoms with Gasteiger partial charge in [0.25, 0.3) is 0 Å². The Labute approximate surface area is 180 Å². The first kappa shape index (κ1) is 24.2. The molecule has 2 unspecified atom stereocenters. The predicted molar refractivity (Wildman–Crippen MR) is 120 cm³/mol. The summed E-state index contributed by atoms with van der Waals surface area (Å²) in [5.41, 5.74) is 2.28. The fourth-order valence-electron chi connectivity index (χ4n) is 3.08. The predicted octanol–water partition coefficient (Wildman–Crippen LogP) is 2.50. The third kappa shape index (κ3) is 9.25. The highest BCUT2D eigenvalue weighted by Gasteiger charge is 2.15. The standard InChI is InChI=1S/C19H35N5O2.HI/c1-15(13-24-17(3)11-16(2)23-24)12-22-19(20-4)21-8-6-9-25-14-18-7-5-10-26-18;/h11,15,18H,5-10,12-14H2,1-4H3,(H2,20,21,22);1H. The smallest absolute Gasteiger partial charge is 0.190 e. The number of rotatable bonds is 10. The molecule has 1 fully saturated rings. The average Bonchev–Trinajstić information content (AvgIpc) is 3.23. The molecule has 0 saturated carbocycles. The lowest BCUT2D eigenvalue weighted by Gasteiger charge is -2.17. The third-order valence-corrected chi connectivity index (χ3v) is 4.52. The molecule has 8 heteroatoms. The van der Waals surface area contributed by atoms with Crippen LogP contribution in [0.25, 0.3) is 0 Å². The zero-order valence-corrected chi connectivity index (χ0v) is 19.5. The molecule has 2 rings (SSSR count). The maximum absolute atomic E-state index is 5.68. The molecule has 27 heavy (non-hydrogen) atoms. The number of aromatic nitrogens is 2. The van der Waals surface area contributed by atoms with Gasteiger partial charge < -0.3 is 20.1 Å². The topological polar surface area (TPSA) is 72.7 Å². The highest BCUT2D eigenvalue weighted by atomic mass is 127. The second-order valence-electron chi connectivity index (χ2n) is 7.16. The summed E-state index contributed by atoms with van der Waals surface area (Å²) in [4.78, 5) is 4.28. The van der Waals surface area contributed by atoms with Crippen LogP contribution >= 0.6 is 24.0 Å². The van der Waals surface area contributed by atoms with Gasteiger partial charge in [0.05, 0.1) is 18.4 Å². The number of hydrogen-bond donors (Lipinski definition) is 2. The van der Waals surface area contributed by atoms with Crippen LogP contribution in [-0.4, -0.2) is 61.8 Å². The van der Waals surface area contributed by atoms with Gasteiger partial charge in [0.1, 0.15) is 0 Å². The van der Waals surface area contributed by atoms with Gasteiger partial charge in [0.2, 0.25) is 0 Å². The minimum absolute atomic E-state index is 0. The lowest BCUT2D eigenvalue weighted by Crippen LogP contribution is -2.40. The van der Waals surface area contributed by atoms with E-state index in [2.05, 4.69) is 45.3 Å². The van der Waals surface area contributed by atoms with E-state index in [4.69, 9.17) is 9.47 Å². The highest BCUT2D eigenvalue weighted by molar-refractivity contribution is 14.0. The molecular formula is C19H36IN5O2. The van der Waals surface area contributed by atoms with Gasteiger partial charge in [0.15, 0.2) is 5.96 Å². The van der Waals surface area contributed by atoms with Crippen molar-refractivity contribution >= 4 is 29.9 Å². The quantitative estimate of drug-likeness (QED) is 0.227. The Hall–Kier alpha value is -0.870. The molecule has 1 saturated heterocycles. The number of hydrogen-bond acceptors (Lipinski definition) is 4. The maximum Gasteiger partial charge on any atom is 0.190 e. The first-order valence-corrected chi connectivity index (χ1v) is 9.73. The Bertz CT molecular complexity index is 558. The van der Waals surface area contributed by atoms with Crippen molar-refractivity contribution in [3.05, 3.63) is 17.5 Å². The van der Waals surface area contributed by atoms with E-state index in [-0.39, 0.29) is 24.0 Å². The van der Waals surface area contributed by atoms with Crippen molar-refractivity contribution < 1.29 is 9.47 Å².